The Morgan fingerprint density at radius 1 is 1.38 bits per heavy atom. The highest BCUT2D eigenvalue weighted by atomic mass is 19.2. The Morgan fingerprint density at radius 3 is 2.15 bits per heavy atom. The molecular weight excluding hydrogens is 187 g/mol. The molecule has 4 atom stereocenters. The number of aliphatic hydroxyl groups is 5. The summed E-state index contributed by atoms with van der Waals surface area (Å²) in [4.78, 5) is 9.84. The van der Waals surface area contributed by atoms with Crippen molar-refractivity contribution in [3.8, 4) is 0 Å². The lowest BCUT2D eigenvalue weighted by molar-refractivity contribution is -0.205. The fourth-order valence-corrected chi connectivity index (χ4v) is 0.628. The summed E-state index contributed by atoms with van der Waals surface area (Å²) in [5, 5.41) is 43.1. The van der Waals surface area contributed by atoms with Crippen molar-refractivity contribution in [1.29, 1.82) is 0 Å². The molecule has 0 aromatic heterocycles. The topological polar surface area (TPSA) is 118 Å². The molecule has 0 aliphatic carbocycles. The van der Waals surface area contributed by atoms with Crippen molar-refractivity contribution in [2.45, 2.75) is 24.2 Å². The Hall–Kier alpha value is -0.600. The second kappa shape index (κ2) is 4.58. The van der Waals surface area contributed by atoms with Crippen molar-refractivity contribution in [1.82, 2.24) is 0 Å². The van der Waals surface area contributed by atoms with Gasteiger partial charge in [-0.25, -0.2) is 4.39 Å². The highest BCUT2D eigenvalue weighted by Crippen LogP contribution is 2.15. The molecule has 0 bridgehead atoms. The van der Waals surface area contributed by atoms with E-state index < -0.39 is 37.1 Å². The molecular formula is C6H11FO6. The maximum atomic E-state index is 12.5. The van der Waals surface area contributed by atoms with Gasteiger partial charge in [-0.2, -0.15) is 0 Å². The predicted molar refractivity (Wildman–Crippen MR) is 37.2 cm³/mol. The van der Waals surface area contributed by atoms with Crippen molar-refractivity contribution in [3.05, 3.63) is 0 Å². The molecule has 6 nitrogen and oxygen atoms in total. The fraction of sp³-hybridized carbons (Fsp3) is 0.833. The first kappa shape index (κ1) is 12.4. The summed E-state index contributed by atoms with van der Waals surface area (Å²) in [6.45, 7) is -0.937. The van der Waals surface area contributed by atoms with Crippen LogP contribution in [0, 0.1) is 0 Å². The predicted octanol–water partition coefficient (Wildman–Crippen LogP) is -3.08. The molecule has 0 unspecified atom stereocenters. The van der Waals surface area contributed by atoms with Crippen LogP contribution in [-0.4, -0.2) is 62.6 Å². The van der Waals surface area contributed by atoms with Crippen molar-refractivity contribution >= 4 is 6.29 Å². The largest absolute Gasteiger partial charge is 0.394 e. The van der Waals surface area contributed by atoms with Crippen molar-refractivity contribution in [3.63, 3.8) is 0 Å². The van der Waals surface area contributed by atoms with E-state index in [0.29, 0.717) is 0 Å². The minimum absolute atomic E-state index is 0.620. The van der Waals surface area contributed by atoms with Crippen LogP contribution in [0.1, 0.15) is 0 Å². The average molecular weight is 198 g/mol. The van der Waals surface area contributed by atoms with Crippen LogP contribution < -0.4 is 0 Å². The Labute approximate surface area is 72.9 Å². The van der Waals surface area contributed by atoms with Crippen LogP contribution in [0.3, 0.4) is 0 Å². The van der Waals surface area contributed by atoms with Crippen molar-refractivity contribution in [2.24, 2.45) is 0 Å². The van der Waals surface area contributed by atoms with Gasteiger partial charge in [0.2, 0.25) is 0 Å². The van der Waals surface area contributed by atoms with E-state index in [0.717, 1.165) is 0 Å². The Kier molecular flexibility index (Phi) is 4.37. The third-order valence-corrected chi connectivity index (χ3v) is 1.48. The number of carbonyl (C=O) groups is 1. The molecule has 13 heavy (non-hydrogen) atoms. The van der Waals surface area contributed by atoms with Crippen LogP contribution in [0.25, 0.3) is 0 Å². The van der Waals surface area contributed by atoms with Crippen molar-refractivity contribution in [2.75, 3.05) is 6.61 Å². The van der Waals surface area contributed by atoms with Crippen LogP contribution in [0.5, 0.6) is 0 Å². The number of hydrogen-bond donors (Lipinski definition) is 5. The smallest absolute Gasteiger partial charge is 0.291 e. The molecule has 0 spiro atoms. The van der Waals surface area contributed by atoms with Crippen LogP contribution in [-0.2, 0) is 4.79 Å². The van der Waals surface area contributed by atoms with Crippen LogP contribution in [0.2, 0.25) is 0 Å². The summed E-state index contributed by atoms with van der Waals surface area (Å²) in [6, 6.07) is 0. The number of hydrogen-bond acceptors (Lipinski definition) is 6. The van der Waals surface area contributed by atoms with E-state index in [1.807, 2.05) is 0 Å². The molecule has 0 rings (SSSR count). The molecule has 78 valence electrons. The Bertz CT molecular complexity index is 173. The van der Waals surface area contributed by atoms with Gasteiger partial charge < -0.3 is 25.5 Å². The first-order valence-corrected chi connectivity index (χ1v) is 3.39. The van der Waals surface area contributed by atoms with E-state index in [4.69, 9.17) is 25.5 Å². The van der Waals surface area contributed by atoms with Gasteiger partial charge in [0, 0.05) is 0 Å². The molecule has 0 aliphatic heterocycles. The van der Waals surface area contributed by atoms with Gasteiger partial charge in [-0.1, -0.05) is 0 Å². The van der Waals surface area contributed by atoms with Gasteiger partial charge in [-0.15, -0.1) is 0 Å². The highest BCUT2D eigenvalue weighted by molar-refractivity contribution is 5.60. The molecule has 0 fully saturated rings. The zero-order valence-corrected chi connectivity index (χ0v) is 6.54. The lowest BCUT2D eigenvalue weighted by atomic mass is 10.0. The second-order valence-corrected chi connectivity index (χ2v) is 2.53. The van der Waals surface area contributed by atoms with E-state index in [1.54, 1.807) is 0 Å². The lowest BCUT2D eigenvalue weighted by Gasteiger charge is -2.26. The monoisotopic (exact) mass is 198 g/mol. The average Bonchev–Trinajstić information content (AvgIpc) is 2.14. The van der Waals surface area contributed by atoms with E-state index in [9.17, 15) is 9.18 Å². The number of rotatable bonds is 5. The zero-order chi connectivity index (χ0) is 10.6. The van der Waals surface area contributed by atoms with Crippen LogP contribution in [0.15, 0.2) is 0 Å². The summed E-state index contributed by atoms with van der Waals surface area (Å²) in [7, 11) is 0. The minimum atomic E-state index is -3.64. The molecule has 0 aliphatic rings. The van der Waals surface area contributed by atoms with E-state index in [-0.39, 0.29) is 0 Å². The van der Waals surface area contributed by atoms with Crippen molar-refractivity contribution < 1.29 is 34.7 Å². The van der Waals surface area contributed by atoms with E-state index in [2.05, 4.69) is 0 Å². The van der Waals surface area contributed by atoms with Gasteiger partial charge in [0.1, 0.15) is 18.3 Å². The third kappa shape index (κ3) is 2.98. The summed E-state index contributed by atoms with van der Waals surface area (Å²) >= 11 is 0. The first-order valence-electron chi connectivity index (χ1n) is 3.39. The normalized spacial score (nSPS) is 22.9. The number of aldehydes is 1. The molecule has 5 N–H and O–H groups in total. The Morgan fingerprint density at radius 2 is 1.85 bits per heavy atom. The second-order valence-electron chi connectivity index (χ2n) is 2.53. The quantitative estimate of drug-likeness (QED) is 0.299. The minimum Gasteiger partial charge on any atom is -0.394 e. The fourth-order valence-electron chi connectivity index (χ4n) is 0.628. The van der Waals surface area contributed by atoms with Crippen LogP contribution in [0.4, 0.5) is 4.39 Å². The molecule has 0 aromatic rings. The standard InChI is InChI=1S/C6H11FO6/c7-6(13,2-9)5(12)4(11)3(10)1-8/h2-5,8,10-13H,1H2/t3-,4+,5+,6+/m1/s1. The molecule has 0 amide bonds. The van der Waals surface area contributed by atoms with Gasteiger partial charge in [-0.3, -0.25) is 4.79 Å². The summed E-state index contributed by atoms with van der Waals surface area (Å²) in [5.74, 6) is -3.64. The molecule has 0 radical (unpaired) electrons. The van der Waals surface area contributed by atoms with Gasteiger partial charge in [0.25, 0.3) is 5.85 Å². The summed E-state index contributed by atoms with van der Waals surface area (Å²) < 4.78 is 12.5. The molecule has 7 heteroatoms. The number of alkyl halides is 1. The van der Waals surface area contributed by atoms with E-state index >= 15 is 0 Å². The van der Waals surface area contributed by atoms with Gasteiger partial charge in [0.05, 0.1) is 6.61 Å². The molecule has 0 saturated carbocycles. The third-order valence-electron chi connectivity index (χ3n) is 1.48. The summed E-state index contributed by atoms with van der Waals surface area (Å²) in [5.41, 5.74) is 0. The number of aliphatic hydroxyl groups excluding tert-OH is 4. The molecule has 0 aromatic carbocycles. The van der Waals surface area contributed by atoms with Crippen LogP contribution >= 0.6 is 0 Å². The maximum Gasteiger partial charge on any atom is 0.291 e. The van der Waals surface area contributed by atoms with Gasteiger partial charge in [0.15, 0.2) is 6.29 Å². The maximum absolute atomic E-state index is 12.5. The van der Waals surface area contributed by atoms with Gasteiger partial charge in [-0.05, 0) is 0 Å². The lowest BCUT2D eigenvalue weighted by Crippen LogP contribution is -2.52. The Balaban J connectivity index is 4.40. The number of carbonyl (C=O) groups excluding carboxylic acids is 1. The molecule has 0 heterocycles. The van der Waals surface area contributed by atoms with E-state index in [1.165, 1.54) is 0 Å². The zero-order valence-electron chi connectivity index (χ0n) is 6.54. The summed E-state index contributed by atoms with van der Waals surface area (Å²) in [6.07, 6.45) is -7.11. The SMILES string of the molecule is O=C[C@@](O)(F)[C@@H](O)[C@@H](O)[C@H](O)CO. The molecule has 0 saturated heterocycles. The number of halogens is 1. The first-order chi connectivity index (χ1) is 5.86. The highest BCUT2D eigenvalue weighted by Gasteiger charge is 2.42. The van der Waals surface area contributed by atoms with Gasteiger partial charge >= 0.3 is 0 Å².